The van der Waals surface area contributed by atoms with E-state index in [1.807, 2.05) is 36.4 Å². The second-order valence-electron chi connectivity index (χ2n) is 12.8. The average molecular weight is 620 g/mol. The molecule has 1 saturated carbocycles. The Bertz CT molecular complexity index is 2040. The normalized spacial score (nSPS) is 14.0. The van der Waals surface area contributed by atoms with Gasteiger partial charge in [-0.25, -0.2) is 15.0 Å². The van der Waals surface area contributed by atoms with Gasteiger partial charge in [-0.2, -0.15) is 0 Å². The molecule has 0 spiro atoms. The molecule has 3 heteroatoms. The van der Waals surface area contributed by atoms with Crippen molar-refractivity contribution in [1.29, 1.82) is 0 Å². The maximum absolute atomic E-state index is 4.96. The molecule has 7 aromatic rings. The molecule has 0 N–H and O–H groups in total. The van der Waals surface area contributed by atoms with Crippen molar-refractivity contribution >= 4 is 0 Å². The monoisotopic (exact) mass is 619 g/mol. The largest absolute Gasteiger partial charge is 0.208 e. The lowest BCUT2D eigenvalue weighted by atomic mass is 9.65. The van der Waals surface area contributed by atoms with E-state index >= 15 is 0 Å². The Balaban J connectivity index is 1.11. The molecule has 0 amide bonds. The van der Waals surface area contributed by atoms with E-state index in [1.54, 1.807) is 0 Å². The molecule has 0 bridgehead atoms. The summed E-state index contributed by atoms with van der Waals surface area (Å²) in [6.45, 7) is 0. The number of rotatable bonds is 7. The first-order valence-electron chi connectivity index (χ1n) is 17.0. The molecule has 1 aromatic heterocycles. The average Bonchev–Trinajstić information content (AvgIpc) is 3.19. The third-order valence-corrected chi connectivity index (χ3v) is 9.87. The van der Waals surface area contributed by atoms with Crippen LogP contribution in [0.25, 0.3) is 56.4 Å². The second-order valence-corrected chi connectivity index (χ2v) is 12.8. The number of benzene rings is 6. The summed E-state index contributed by atoms with van der Waals surface area (Å²) in [4.78, 5) is 14.8. The van der Waals surface area contributed by atoms with Crippen LogP contribution < -0.4 is 0 Å². The number of hydrogen-bond acceptors (Lipinski definition) is 3. The molecule has 1 aliphatic rings. The summed E-state index contributed by atoms with van der Waals surface area (Å²) < 4.78 is 0. The summed E-state index contributed by atoms with van der Waals surface area (Å²) in [5, 5.41) is 0. The summed E-state index contributed by atoms with van der Waals surface area (Å²) in [6.07, 6.45) is 6.07. The summed E-state index contributed by atoms with van der Waals surface area (Å²) in [7, 11) is 0. The molecule has 1 aliphatic carbocycles. The molecule has 0 saturated heterocycles. The van der Waals surface area contributed by atoms with Crippen molar-refractivity contribution < 1.29 is 0 Å². The van der Waals surface area contributed by atoms with Gasteiger partial charge >= 0.3 is 0 Å². The Kier molecular flexibility index (Phi) is 8.18. The van der Waals surface area contributed by atoms with Crippen molar-refractivity contribution in [3.63, 3.8) is 0 Å². The zero-order valence-electron chi connectivity index (χ0n) is 27.0. The van der Waals surface area contributed by atoms with Crippen molar-refractivity contribution in [3.05, 3.63) is 175 Å². The van der Waals surface area contributed by atoms with Gasteiger partial charge in [-0.1, -0.05) is 183 Å². The standard InChI is InChI=1S/C45H37N3/c1-5-13-33(14-6-1)34-19-21-35(22-20-34)36-23-27-40(28-24-36)45(31-11-4-12-32-45)41-29-25-39(26-30-41)44-47-42(37-15-7-2-8-16-37)46-43(48-44)38-17-9-3-10-18-38/h1-3,5-10,13-30H,4,11-12,31-32H2. The molecule has 1 fully saturated rings. The number of hydrogen-bond donors (Lipinski definition) is 0. The van der Waals surface area contributed by atoms with Gasteiger partial charge in [-0.3, -0.25) is 0 Å². The molecule has 0 aliphatic heterocycles. The van der Waals surface area contributed by atoms with Gasteiger partial charge < -0.3 is 0 Å². The van der Waals surface area contributed by atoms with E-state index in [2.05, 4.69) is 127 Å². The molecular formula is C45H37N3. The van der Waals surface area contributed by atoms with E-state index in [-0.39, 0.29) is 5.41 Å². The predicted molar refractivity (Wildman–Crippen MR) is 197 cm³/mol. The van der Waals surface area contributed by atoms with Gasteiger partial charge in [0.1, 0.15) is 0 Å². The zero-order valence-corrected chi connectivity index (χ0v) is 27.0. The fourth-order valence-corrected chi connectivity index (χ4v) is 7.24. The van der Waals surface area contributed by atoms with E-state index in [4.69, 9.17) is 15.0 Å². The van der Waals surface area contributed by atoms with Gasteiger partial charge in [0, 0.05) is 22.1 Å². The summed E-state index contributed by atoms with van der Waals surface area (Å²) in [5.74, 6) is 2.05. The van der Waals surface area contributed by atoms with Crippen LogP contribution in [0.1, 0.15) is 43.2 Å². The molecule has 0 unspecified atom stereocenters. The van der Waals surface area contributed by atoms with Crippen molar-refractivity contribution in [2.75, 3.05) is 0 Å². The lowest BCUT2D eigenvalue weighted by Crippen LogP contribution is -2.30. The van der Waals surface area contributed by atoms with Crippen molar-refractivity contribution in [1.82, 2.24) is 15.0 Å². The topological polar surface area (TPSA) is 38.7 Å². The smallest absolute Gasteiger partial charge is 0.164 e. The number of aromatic nitrogens is 3. The highest BCUT2D eigenvalue weighted by Crippen LogP contribution is 2.45. The van der Waals surface area contributed by atoms with Crippen LogP contribution in [0.15, 0.2) is 164 Å². The molecule has 6 aromatic carbocycles. The lowest BCUT2D eigenvalue weighted by Gasteiger charge is -2.39. The SMILES string of the molecule is c1ccc(-c2ccc(-c3ccc(C4(c5ccc(-c6nc(-c7ccccc7)nc(-c7ccccc7)n6)cc5)CCCCC4)cc3)cc2)cc1. The minimum absolute atomic E-state index is 0.00399. The van der Waals surface area contributed by atoms with E-state index in [0.29, 0.717) is 17.5 Å². The minimum atomic E-state index is -0.00399. The van der Waals surface area contributed by atoms with Gasteiger partial charge in [0.15, 0.2) is 17.5 Å². The minimum Gasteiger partial charge on any atom is -0.208 e. The quantitative estimate of drug-likeness (QED) is 0.178. The van der Waals surface area contributed by atoms with E-state index in [0.717, 1.165) is 29.5 Å². The predicted octanol–water partition coefficient (Wildman–Crippen LogP) is 11.5. The molecule has 8 rings (SSSR count). The first-order valence-corrected chi connectivity index (χ1v) is 17.0. The van der Waals surface area contributed by atoms with Crippen LogP contribution in [0.4, 0.5) is 0 Å². The van der Waals surface area contributed by atoms with Crippen LogP contribution in [0, 0.1) is 0 Å². The van der Waals surface area contributed by atoms with E-state index in [1.165, 1.54) is 52.6 Å². The Morgan fingerprint density at radius 3 is 0.979 bits per heavy atom. The third kappa shape index (κ3) is 5.96. The van der Waals surface area contributed by atoms with Crippen molar-refractivity contribution in [2.24, 2.45) is 0 Å². The molecule has 48 heavy (non-hydrogen) atoms. The molecule has 1 heterocycles. The molecular weight excluding hydrogens is 583 g/mol. The zero-order chi connectivity index (χ0) is 32.2. The van der Waals surface area contributed by atoms with Crippen LogP contribution in [0.3, 0.4) is 0 Å². The highest BCUT2D eigenvalue weighted by Gasteiger charge is 2.35. The number of nitrogens with zero attached hydrogens (tertiary/aromatic N) is 3. The highest BCUT2D eigenvalue weighted by atomic mass is 15.0. The van der Waals surface area contributed by atoms with Gasteiger partial charge in [-0.05, 0) is 46.2 Å². The fraction of sp³-hybridized carbons (Fsp3) is 0.133. The Hall–Kier alpha value is -5.67. The van der Waals surface area contributed by atoms with Crippen molar-refractivity contribution in [2.45, 2.75) is 37.5 Å². The maximum atomic E-state index is 4.96. The van der Waals surface area contributed by atoms with Gasteiger partial charge in [-0.15, -0.1) is 0 Å². The first-order chi connectivity index (χ1) is 23.7. The van der Waals surface area contributed by atoms with Crippen LogP contribution in [-0.4, -0.2) is 15.0 Å². The molecule has 3 nitrogen and oxygen atoms in total. The Morgan fingerprint density at radius 2 is 0.583 bits per heavy atom. The summed E-state index contributed by atoms with van der Waals surface area (Å²) >= 11 is 0. The maximum Gasteiger partial charge on any atom is 0.164 e. The third-order valence-electron chi connectivity index (χ3n) is 9.87. The van der Waals surface area contributed by atoms with Crippen molar-refractivity contribution in [3.8, 4) is 56.4 Å². The first kappa shape index (κ1) is 29.7. The van der Waals surface area contributed by atoms with E-state index < -0.39 is 0 Å². The Labute approximate surface area is 283 Å². The fourth-order valence-electron chi connectivity index (χ4n) is 7.24. The lowest BCUT2D eigenvalue weighted by molar-refractivity contribution is 0.346. The van der Waals surface area contributed by atoms with Crippen LogP contribution in [-0.2, 0) is 5.41 Å². The van der Waals surface area contributed by atoms with Crippen LogP contribution in [0.2, 0.25) is 0 Å². The molecule has 0 atom stereocenters. The van der Waals surface area contributed by atoms with Crippen LogP contribution in [0.5, 0.6) is 0 Å². The highest BCUT2D eigenvalue weighted by molar-refractivity contribution is 5.71. The molecule has 232 valence electrons. The summed E-state index contributed by atoms with van der Waals surface area (Å²) in [5.41, 5.74) is 10.7. The molecule has 0 radical (unpaired) electrons. The second kappa shape index (κ2) is 13.2. The van der Waals surface area contributed by atoms with E-state index in [9.17, 15) is 0 Å². The Morgan fingerprint density at radius 1 is 0.292 bits per heavy atom. The van der Waals surface area contributed by atoms with Gasteiger partial charge in [0.25, 0.3) is 0 Å². The van der Waals surface area contributed by atoms with Crippen LogP contribution >= 0.6 is 0 Å². The summed E-state index contributed by atoms with van der Waals surface area (Å²) in [6, 6.07) is 58.2. The van der Waals surface area contributed by atoms with Gasteiger partial charge in [0.2, 0.25) is 0 Å². The van der Waals surface area contributed by atoms with Gasteiger partial charge in [0.05, 0.1) is 0 Å².